The Morgan fingerprint density at radius 2 is 2.05 bits per heavy atom. The van der Waals surface area contributed by atoms with Crippen LogP contribution in [-0.4, -0.2) is 32.2 Å². The maximum absolute atomic E-state index is 5.84. The minimum absolute atomic E-state index is 0.748. The van der Waals surface area contributed by atoms with Crippen molar-refractivity contribution in [2.75, 3.05) is 26.2 Å². The van der Waals surface area contributed by atoms with Crippen LogP contribution in [0, 0.1) is 23.7 Å². The quantitative estimate of drug-likeness (QED) is 0.677. The highest BCUT2D eigenvalue weighted by molar-refractivity contribution is 4.86. The molecule has 2 heterocycles. The molecule has 2 aliphatic heterocycles. The van der Waals surface area contributed by atoms with Crippen LogP contribution in [0.2, 0.25) is 0 Å². The highest BCUT2D eigenvalue weighted by Crippen LogP contribution is 2.32. The molecule has 5 unspecified atom stereocenters. The Bertz CT molecular complexity index is 276. The summed E-state index contributed by atoms with van der Waals surface area (Å²) in [4.78, 5) is 0. The lowest BCUT2D eigenvalue weighted by atomic mass is 9.76. The van der Waals surface area contributed by atoms with Gasteiger partial charge in [0.1, 0.15) is 0 Å². The van der Waals surface area contributed by atoms with E-state index in [4.69, 9.17) is 5.73 Å². The second kappa shape index (κ2) is 9.12. The highest BCUT2D eigenvalue weighted by atomic mass is 14.9. The van der Waals surface area contributed by atoms with Gasteiger partial charge in [-0.3, -0.25) is 0 Å². The van der Waals surface area contributed by atoms with Crippen LogP contribution in [0.4, 0.5) is 0 Å². The molecule has 0 aromatic heterocycles. The molecule has 3 heteroatoms. The molecule has 4 N–H and O–H groups in total. The standard InChI is InChI=1S/C18H37N3/c1-3-4-16(5-7-19)17-6-8-21-18(11-17)10-15-9-14(2)12-20-13-15/h14-18,20-21H,3-13,19H2,1-2H3. The van der Waals surface area contributed by atoms with E-state index >= 15 is 0 Å². The van der Waals surface area contributed by atoms with Gasteiger partial charge in [0.15, 0.2) is 0 Å². The molecule has 0 radical (unpaired) electrons. The molecule has 0 aliphatic carbocycles. The Kier molecular flexibility index (Phi) is 7.48. The minimum Gasteiger partial charge on any atom is -0.330 e. The van der Waals surface area contributed by atoms with E-state index in [2.05, 4.69) is 24.5 Å². The number of hydrogen-bond acceptors (Lipinski definition) is 3. The third-order valence-corrected chi connectivity index (χ3v) is 5.68. The van der Waals surface area contributed by atoms with Crippen molar-refractivity contribution in [3.8, 4) is 0 Å². The number of rotatable bonds is 7. The summed E-state index contributed by atoms with van der Waals surface area (Å²) in [6.07, 6.45) is 9.44. The number of piperidine rings is 2. The second-order valence-corrected chi connectivity index (χ2v) is 7.66. The van der Waals surface area contributed by atoms with E-state index in [1.54, 1.807) is 0 Å². The molecule has 2 saturated heterocycles. The lowest BCUT2D eigenvalue weighted by Crippen LogP contribution is -2.44. The van der Waals surface area contributed by atoms with E-state index in [1.807, 2.05) is 0 Å². The molecule has 2 aliphatic rings. The average molecular weight is 296 g/mol. The summed E-state index contributed by atoms with van der Waals surface area (Å²) >= 11 is 0. The van der Waals surface area contributed by atoms with Crippen molar-refractivity contribution in [3.63, 3.8) is 0 Å². The van der Waals surface area contributed by atoms with Crippen molar-refractivity contribution in [2.24, 2.45) is 29.4 Å². The van der Waals surface area contributed by atoms with Gasteiger partial charge < -0.3 is 16.4 Å². The summed E-state index contributed by atoms with van der Waals surface area (Å²) in [6.45, 7) is 9.23. The monoisotopic (exact) mass is 295 g/mol. The topological polar surface area (TPSA) is 50.1 Å². The van der Waals surface area contributed by atoms with Crippen molar-refractivity contribution in [2.45, 2.75) is 64.8 Å². The van der Waals surface area contributed by atoms with Crippen LogP contribution in [0.1, 0.15) is 58.8 Å². The van der Waals surface area contributed by atoms with Crippen molar-refractivity contribution in [3.05, 3.63) is 0 Å². The van der Waals surface area contributed by atoms with Crippen LogP contribution in [0.3, 0.4) is 0 Å². The molecule has 0 aromatic rings. The molecular weight excluding hydrogens is 258 g/mol. The van der Waals surface area contributed by atoms with E-state index in [-0.39, 0.29) is 0 Å². The summed E-state index contributed by atoms with van der Waals surface area (Å²) in [5.74, 6) is 3.51. The Balaban J connectivity index is 1.81. The fraction of sp³-hybridized carbons (Fsp3) is 1.00. The van der Waals surface area contributed by atoms with Gasteiger partial charge in [-0.15, -0.1) is 0 Å². The molecular formula is C18H37N3. The van der Waals surface area contributed by atoms with E-state index in [0.29, 0.717) is 0 Å². The summed E-state index contributed by atoms with van der Waals surface area (Å²) in [5, 5.41) is 7.40. The highest BCUT2D eigenvalue weighted by Gasteiger charge is 2.29. The third kappa shape index (κ3) is 5.54. The maximum Gasteiger partial charge on any atom is 0.00729 e. The SMILES string of the molecule is CCCC(CCN)C1CCNC(CC2CNCC(C)C2)C1. The third-order valence-electron chi connectivity index (χ3n) is 5.68. The summed E-state index contributed by atoms with van der Waals surface area (Å²) in [7, 11) is 0. The van der Waals surface area contributed by atoms with E-state index in [1.165, 1.54) is 64.6 Å². The normalized spacial score (nSPS) is 35.6. The maximum atomic E-state index is 5.84. The van der Waals surface area contributed by atoms with Crippen LogP contribution in [-0.2, 0) is 0 Å². The van der Waals surface area contributed by atoms with Gasteiger partial charge in [0.2, 0.25) is 0 Å². The van der Waals surface area contributed by atoms with Crippen LogP contribution in [0.5, 0.6) is 0 Å². The number of hydrogen-bond donors (Lipinski definition) is 3. The molecule has 0 bridgehead atoms. The zero-order valence-corrected chi connectivity index (χ0v) is 14.2. The van der Waals surface area contributed by atoms with Gasteiger partial charge in [-0.1, -0.05) is 26.7 Å². The van der Waals surface area contributed by atoms with E-state index < -0.39 is 0 Å². The zero-order valence-electron chi connectivity index (χ0n) is 14.2. The van der Waals surface area contributed by atoms with Crippen molar-refractivity contribution >= 4 is 0 Å². The van der Waals surface area contributed by atoms with Crippen LogP contribution < -0.4 is 16.4 Å². The average Bonchev–Trinajstić information content (AvgIpc) is 2.47. The van der Waals surface area contributed by atoms with E-state index in [0.717, 1.165) is 36.3 Å². The number of nitrogens with one attached hydrogen (secondary N) is 2. The number of nitrogens with two attached hydrogens (primary N) is 1. The van der Waals surface area contributed by atoms with E-state index in [9.17, 15) is 0 Å². The lowest BCUT2D eigenvalue weighted by molar-refractivity contribution is 0.173. The Labute approximate surface area is 131 Å². The molecule has 2 fully saturated rings. The fourth-order valence-electron chi connectivity index (χ4n) is 4.70. The Morgan fingerprint density at radius 1 is 1.19 bits per heavy atom. The summed E-state index contributed by atoms with van der Waals surface area (Å²) < 4.78 is 0. The second-order valence-electron chi connectivity index (χ2n) is 7.66. The molecule has 124 valence electrons. The molecule has 0 amide bonds. The Morgan fingerprint density at radius 3 is 2.76 bits per heavy atom. The molecule has 0 saturated carbocycles. The zero-order chi connectivity index (χ0) is 15.1. The van der Waals surface area contributed by atoms with Crippen molar-refractivity contribution in [1.82, 2.24) is 10.6 Å². The first-order valence-electron chi connectivity index (χ1n) is 9.37. The Hall–Kier alpha value is -0.120. The molecule has 21 heavy (non-hydrogen) atoms. The minimum atomic E-state index is 0.748. The van der Waals surface area contributed by atoms with Gasteiger partial charge >= 0.3 is 0 Å². The molecule has 0 aromatic carbocycles. The smallest absolute Gasteiger partial charge is 0.00729 e. The van der Waals surface area contributed by atoms with Crippen LogP contribution >= 0.6 is 0 Å². The van der Waals surface area contributed by atoms with Crippen molar-refractivity contribution < 1.29 is 0 Å². The molecule has 2 rings (SSSR count). The van der Waals surface area contributed by atoms with Gasteiger partial charge in [-0.25, -0.2) is 0 Å². The first-order valence-corrected chi connectivity index (χ1v) is 9.37. The summed E-state index contributed by atoms with van der Waals surface area (Å²) in [5.41, 5.74) is 5.84. The summed E-state index contributed by atoms with van der Waals surface area (Å²) in [6, 6.07) is 0.748. The van der Waals surface area contributed by atoms with Gasteiger partial charge in [0, 0.05) is 6.04 Å². The van der Waals surface area contributed by atoms with Crippen LogP contribution in [0.25, 0.3) is 0 Å². The van der Waals surface area contributed by atoms with Gasteiger partial charge in [0.05, 0.1) is 0 Å². The fourth-order valence-corrected chi connectivity index (χ4v) is 4.70. The van der Waals surface area contributed by atoms with Gasteiger partial charge in [0.25, 0.3) is 0 Å². The largest absolute Gasteiger partial charge is 0.330 e. The van der Waals surface area contributed by atoms with Crippen molar-refractivity contribution in [1.29, 1.82) is 0 Å². The lowest BCUT2D eigenvalue weighted by Gasteiger charge is -2.38. The first-order chi connectivity index (χ1) is 10.2. The molecule has 0 spiro atoms. The molecule has 5 atom stereocenters. The van der Waals surface area contributed by atoms with Gasteiger partial charge in [-0.05, 0) is 82.0 Å². The predicted molar refractivity (Wildman–Crippen MR) is 91.3 cm³/mol. The first kappa shape index (κ1) is 17.2. The predicted octanol–water partition coefficient (Wildman–Crippen LogP) is 2.76. The van der Waals surface area contributed by atoms with Crippen LogP contribution in [0.15, 0.2) is 0 Å². The van der Waals surface area contributed by atoms with Gasteiger partial charge in [-0.2, -0.15) is 0 Å². The molecule has 3 nitrogen and oxygen atoms in total.